The first kappa shape index (κ1) is 12.4. The Balaban J connectivity index is 3.04. The first-order valence-electron chi connectivity index (χ1n) is 4.57. The van der Waals surface area contributed by atoms with Gasteiger partial charge in [-0.15, -0.1) is 11.6 Å². The Bertz CT molecular complexity index is 321. The number of rotatable bonds is 3. The van der Waals surface area contributed by atoms with Crippen LogP contribution in [0.15, 0.2) is 16.6 Å². The summed E-state index contributed by atoms with van der Waals surface area (Å²) in [6, 6.07) is 4.01. The van der Waals surface area contributed by atoms with Crippen molar-refractivity contribution in [2.45, 2.75) is 26.1 Å². The molecule has 1 aromatic rings. The summed E-state index contributed by atoms with van der Waals surface area (Å²) in [5.74, 6) is 1.10. The summed E-state index contributed by atoms with van der Waals surface area (Å²) in [6.07, 6.45) is 1.04. The largest absolute Gasteiger partial charge is 0.121 e. The fourth-order valence-corrected chi connectivity index (χ4v) is 2.50. The number of hydrogen-bond acceptors (Lipinski definition) is 0. The van der Waals surface area contributed by atoms with Gasteiger partial charge in [0.2, 0.25) is 0 Å². The second-order valence-corrected chi connectivity index (χ2v) is 5.30. The van der Waals surface area contributed by atoms with Crippen molar-refractivity contribution in [2.24, 2.45) is 5.92 Å². The standard InChI is InChI=1S/C11H13BrCl2/c1-7(2)3-8-4-9(6-13)11(14)5-10(8)12/h4-5,7H,3,6H2,1-2H3. The van der Waals surface area contributed by atoms with Gasteiger partial charge in [-0.3, -0.25) is 0 Å². The SMILES string of the molecule is CC(C)Cc1cc(CCl)c(Cl)cc1Br. The number of alkyl halides is 1. The molecule has 0 radical (unpaired) electrons. The van der Waals surface area contributed by atoms with Crippen LogP contribution in [0.2, 0.25) is 5.02 Å². The van der Waals surface area contributed by atoms with Gasteiger partial charge in [0.1, 0.15) is 0 Å². The molecule has 0 nitrogen and oxygen atoms in total. The van der Waals surface area contributed by atoms with E-state index in [9.17, 15) is 0 Å². The van der Waals surface area contributed by atoms with Crippen molar-refractivity contribution >= 4 is 39.1 Å². The lowest BCUT2D eigenvalue weighted by Crippen LogP contribution is -1.96. The van der Waals surface area contributed by atoms with Gasteiger partial charge in [-0.2, -0.15) is 0 Å². The molecule has 14 heavy (non-hydrogen) atoms. The first-order chi connectivity index (χ1) is 6.54. The lowest BCUT2D eigenvalue weighted by atomic mass is 10.0. The molecule has 0 unspecified atom stereocenters. The van der Waals surface area contributed by atoms with Gasteiger partial charge < -0.3 is 0 Å². The minimum atomic E-state index is 0.469. The van der Waals surface area contributed by atoms with Crippen molar-refractivity contribution in [2.75, 3.05) is 0 Å². The van der Waals surface area contributed by atoms with Crippen LogP contribution < -0.4 is 0 Å². The summed E-state index contributed by atoms with van der Waals surface area (Å²) in [7, 11) is 0. The van der Waals surface area contributed by atoms with Gasteiger partial charge in [-0.25, -0.2) is 0 Å². The van der Waals surface area contributed by atoms with E-state index in [2.05, 4.69) is 35.8 Å². The summed E-state index contributed by atoms with van der Waals surface area (Å²) in [5, 5.41) is 0.736. The van der Waals surface area contributed by atoms with E-state index in [1.165, 1.54) is 5.56 Å². The highest BCUT2D eigenvalue weighted by Gasteiger charge is 2.07. The molecule has 0 bridgehead atoms. The molecule has 0 heterocycles. The Morgan fingerprint density at radius 2 is 1.93 bits per heavy atom. The minimum Gasteiger partial charge on any atom is -0.121 e. The van der Waals surface area contributed by atoms with Crippen LogP contribution in [0.25, 0.3) is 0 Å². The molecule has 0 atom stereocenters. The molecule has 0 amide bonds. The van der Waals surface area contributed by atoms with E-state index in [1.807, 2.05) is 6.07 Å². The van der Waals surface area contributed by atoms with Crippen molar-refractivity contribution < 1.29 is 0 Å². The van der Waals surface area contributed by atoms with Crippen molar-refractivity contribution in [1.82, 2.24) is 0 Å². The van der Waals surface area contributed by atoms with E-state index >= 15 is 0 Å². The highest BCUT2D eigenvalue weighted by atomic mass is 79.9. The Morgan fingerprint density at radius 1 is 1.29 bits per heavy atom. The Labute approximate surface area is 104 Å². The zero-order valence-electron chi connectivity index (χ0n) is 8.28. The average molecular weight is 296 g/mol. The predicted octanol–water partition coefficient (Wildman–Crippen LogP) is 5.04. The van der Waals surface area contributed by atoms with E-state index in [4.69, 9.17) is 23.2 Å². The molecular formula is C11H13BrCl2. The molecule has 0 aliphatic heterocycles. The van der Waals surface area contributed by atoms with Crippen LogP contribution in [0.5, 0.6) is 0 Å². The molecule has 1 rings (SSSR count). The third-order valence-electron chi connectivity index (χ3n) is 1.99. The van der Waals surface area contributed by atoms with Crippen LogP contribution in [0.3, 0.4) is 0 Å². The van der Waals surface area contributed by atoms with E-state index in [-0.39, 0.29) is 0 Å². The molecule has 1 aromatic carbocycles. The third-order valence-corrected chi connectivity index (χ3v) is 3.37. The number of halogens is 3. The maximum absolute atomic E-state index is 6.02. The van der Waals surface area contributed by atoms with Crippen molar-refractivity contribution in [3.05, 3.63) is 32.8 Å². The maximum atomic E-state index is 6.02. The topological polar surface area (TPSA) is 0 Å². The van der Waals surface area contributed by atoms with E-state index in [0.717, 1.165) is 21.5 Å². The Kier molecular flexibility index (Phi) is 4.75. The van der Waals surface area contributed by atoms with Crippen molar-refractivity contribution in [3.8, 4) is 0 Å². The average Bonchev–Trinajstić information content (AvgIpc) is 2.09. The summed E-state index contributed by atoms with van der Waals surface area (Å²) in [4.78, 5) is 0. The summed E-state index contributed by atoms with van der Waals surface area (Å²) in [6.45, 7) is 4.39. The molecular weight excluding hydrogens is 283 g/mol. The predicted molar refractivity (Wildman–Crippen MR) is 67.3 cm³/mol. The molecule has 0 aliphatic carbocycles. The molecule has 0 saturated carbocycles. The van der Waals surface area contributed by atoms with Crippen LogP contribution in [0.1, 0.15) is 25.0 Å². The minimum absolute atomic E-state index is 0.469. The first-order valence-corrected chi connectivity index (χ1v) is 6.28. The molecule has 0 aromatic heterocycles. The lowest BCUT2D eigenvalue weighted by molar-refractivity contribution is 0.645. The molecule has 0 fully saturated rings. The second-order valence-electron chi connectivity index (χ2n) is 3.77. The van der Waals surface area contributed by atoms with Crippen molar-refractivity contribution in [3.63, 3.8) is 0 Å². The second kappa shape index (κ2) is 5.39. The van der Waals surface area contributed by atoms with Gasteiger partial charge in [0.05, 0.1) is 0 Å². The monoisotopic (exact) mass is 294 g/mol. The zero-order valence-corrected chi connectivity index (χ0v) is 11.4. The van der Waals surface area contributed by atoms with Crippen LogP contribution in [0.4, 0.5) is 0 Å². The molecule has 3 heteroatoms. The van der Waals surface area contributed by atoms with Gasteiger partial charge in [0, 0.05) is 15.4 Å². The molecule has 0 aliphatic rings. The number of benzene rings is 1. The van der Waals surface area contributed by atoms with E-state index in [0.29, 0.717) is 11.8 Å². The highest BCUT2D eigenvalue weighted by molar-refractivity contribution is 9.10. The fourth-order valence-electron chi connectivity index (χ4n) is 1.34. The number of hydrogen-bond donors (Lipinski definition) is 0. The summed E-state index contributed by atoms with van der Waals surface area (Å²) >= 11 is 15.3. The van der Waals surface area contributed by atoms with E-state index < -0.39 is 0 Å². The van der Waals surface area contributed by atoms with Crippen LogP contribution in [-0.4, -0.2) is 0 Å². The third kappa shape index (κ3) is 3.15. The van der Waals surface area contributed by atoms with Gasteiger partial charge in [-0.1, -0.05) is 47.4 Å². The van der Waals surface area contributed by atoms with Gasteiger partial charge in [0.15, 0.2) is 0 Å². The Hall–Kier alpha value is 0.280. The molecule has 0 saturated heterocycles. The molecule has 0 spiro atoms. The zero-order chi connectivity index (χ0) is 10.7. The normalized spacial score (nSPS) is 11.0. The van der Waals surface area contributed by atoms with Gasteiger partial charge in [0.25, 0.3) is 0 Å². The molecule has 78 valence electrons. The quantitative estimate of drug-likeness (QED) is 0.685. The van der Waals surface area contributed by atoms with Crippen LogP contribution in [-0.2, 0) is 12.3 Å². The summed E-state index contributed by atoms with van der Waals surface area (Å²) < 4.78 is 1.07. The van der Waals surface area contributed by atoms with Crippen LogP contribution in [0, 0.1) is 5.92 Å². The van der Waals surface area contributed by atoms with Gasteiger partial charge in [-0.05, 0) is 29.5 Å². The highest BCUT2D eigenvalue weighted by Crippen LogP contribution is 2.28. The van der Waals surface area contributed by atoms with Crippen LogP contribution >= 0.6 is 39.1 Å². The Morgan fingerprint density at radius 3 is 2.43 bits per heavy atom. The maximum Gasteiger partial charge on any atom is 0.0488 e. The fraction of sp³-hybridized carbons (Fsp3) is 0.455. The molecule has 0 N–H and O–H groups in total. The smallest absolute Gasteiger partial charge is 0.0488 e. The summed E-state index contributed by atoms with van der Waals surface area (Å²) in [5.41, 5.74) is 2.28. The van der Waals surface area contributed by atoms with Crippen molar-refractivity contribution in [1.29, 1.82) is 0 Å². The lowest BCUT2D eigenvalue weighted by Gasteiger charge is -2.10. The van der Waals surface area contributed by atoms with E-state index in [1.54, 1.807) is 0 Å². The van der Waals surface area contributed by atoms with Gasteiger partial charge >= 0.3 is 0 Å².